The van der Waals surface area contributed by atoms with Crippen LogP contribution in [0.15, 0.2) is 0 Å². The molecule has 0 aromatic heterocycles. The molecule has 1 N–H and O–H groups in total. The Morgan fingerprint density at radius 1 is 1.53 bits per heavy atom. The molecule has 1 rings (SSSR count). The Kier molecular flexibility index (Phi) is 4.85. The molecule has 1 heterocycles. The zero-order valence-corrected chi connectivity index (χ0v) is 12.9. The second-order valence-corrected chi connectivity index (χ2v) is 6.95. The Labute approximate surface area is 115 Å². The standard InChI is InChI=1S/C14H27NO4/c1-10(8-16)7-11-15(14(5,6)9-18-11)12(17)19-13(2,3)4/h10-11,16H,7-9H2,1-6H3/t10-,11-/m1/s1. The first-order valence-electron chi connectivity index (χ1n) is 6.81. The number of nitrogens with zero attached hydrogens (tertiary/aromatic N) is 1. The van der Waals surface area contributed by atoms with Crippen molar-refractivity contribution in [3.63, 3.8) is 0 Å². The monoisotopic (exact) mass is 273 g/mol. The first-order chi connectivity index (χ1) is 8.57. The lowest BCUT2D eigenvalue weighted by molar-refractivity contribution is -0.0281. The second-order valence-electron chi connectivity index (χ2n) is 6.95. The molecule has 0 aromatic carbocycles. The topological polar surface area (TPSA) is 59.0 Å². The molecule has 19 heavy (non-hydrogen) atoms. The number of aliphatic hydroxyl groups excluding tert-OH is 1. The number of aliphatic hydroxyl groups is 1. The van der Waals surface area contributed by atoms with Gasteiger partial charge in [0.05, 0.1) is 12.1 Å². The van der Waals surface area contributed by atoms with Gasteiger partial charge in [0, 0.05) is 6.61 Å². The summed E-state index contributed by atoms with van der Waals surface area (Å²) in [7, 11) is 0. The normalized spacial score (nSPS) is 24.4. The van der Waals surface area contributed by atoms with Gasteiger partial charge in [-0.3, -0.25) is 4.90 Å². The van der Waals surface area contributed by atoms with Gasteiger partial charge >= 0.3 is 6.09 Å². The van der Waals surface area contributed by atoms with E-state index in [1.165, 1.54) is 0 Å². The van der Waals surface area contributed by atoms with Crippen molar-refractivity contribution < 1.29 is 19.4 Å². The predicted octanol–water partition coefficient (Wildman–Crippen LogP) is 2.38. The quantitative estimate of drug-likeness (QED) is 0.857. The highest BCUT2D eigenvalue weighted by molar-refractivity contribution is 5.69. The van der Waals surface area contributed by atoms with Crippen LogP contribution in [0, 0.1) is 5.92 Å². The molecule has 0 aliphatic carbocycles. The van der Waals surface area contributed by atoms with Gasteiger partial charge in [0.1, 0.15) is 11.8 Å². The van der Waals surface area contributed by atoms with Crippen molar-refractivity contribution in [3.8, 4) is 0 Å². The van der Waals surface area contributed by atoms with E-state index in [1.54, 1.807) is 4.90 Å². The molecule has 1 fully saturated rings. The number of amides is 1. The minimum absolute atomic E-state index is 0.0858. The van der Waals surface area contributed by atoms with Gasteiger partial charge in [-0.25, -0.2) is 4.79 Å². The molecule has 0 saturated carbocycles. The van der Waals surface area contributed by atoms with E-state index in [9.17, 15) is 4.79 Å². The van der Waals surface area contributed by atoms with Gasteiger partial charge in [0.25, 0.3) is 0 Å². The van der Waals surface area contributed by atoms with E-state index in [2.05, 4.69) is 0 Å². The lowest BCUT2D eigenvalue weighted by atomic mass is 10.0. The molecule has 2 atom stereocenters. The fourth-order valence-corrected chi connectivity index (χ4v) is 2.10. The third kappa shape index (κ3) is 4.35. The Hall–Kier alpha value is -0.810. The van der Waals surface area contributed by atoms with Crippen LogP contribution in [-0.4, -0.2) is 46.7 Å². The molecule has 0 aromatic rings. The molecule has 1 saturated heterocycles. The summed E-state index contributed by atoms with van der Waals surface area (Å²) in [4.78, 5) is 14.0. The van der Waals surface area contributed by atoms with E-state index in [1.807, 2.05) is 41.5 Å². The molecule has 0 spiro atoms. The predicted molar refractivity (Wildman–Crippen MR) is 72.8 cm³/mol. The van der Waals surface area contributed by atoms with Gasteiger partial charge < -0.3 is 14.6 Å². The minimum atomic E-state index is -0.525. The third-order valence-corrected chi connectivity index (χ3v) is 3.07. The molecule has 5 heteroatoms. The number of hydrogen-bond donors (Lipinski definition) is 1. The third-order valence-electron chi connectivity index (χ3n) is 3.07. The van der Waals surface area contributed by atoms with Crippen LogP contribution in [0.2, 0.25) is 0 Å². The Morgan fingerprint density at radius 2 is 2.11 bits per heavy atom. The van der Waals surface area contributed by atoms with Gasteiger partial charge in [0.15, 0.2) is 0 Å². The summed E-state index contributed by atoms with van der Waals surface area (Å²) >= 11 is 0. The highest BCUT2D eigenvalue weighted by Crippen LogP contribution is 2.31. The van der Waals surface area contributed by atoms with Crippen molar-refractivity contribution in [3.05, 3.63) is 0 Å². The molecule has 0 unspecified atom stereocenters. The average Bonchev–Trinajstić information content (AvgIpc) is 2.51. The Bertz CT molecular complexity index is 322. The Balaban J connectivity index is 2.81. The van der Waals surface area contributed by atoms with Crippen molar-refractivity contribution in [1.29, 1.82) is 0 Å². The second kappa shape index (κ2) is 5.67. The molecule has 0 bridgehead atoms. The molecule has 1 aliphatic rings. The summed E-state index contributed by atoms with van der Waals surface area (Å²) in [6, 6.07) is 0. The molecular formula is C14H27NO4. The molecule has 112 valence electrons. The highest BCUT2D eigenvalue weighted by Gasteiger charge is 2.45. The minimum Gasteiger partial charge on any atom is -0.444 e. The largest absolute Gasteiger partial charge is 0.444 e. The average molecular weight is 273 g/mol. The van der Waals surface area contributed by atoms with Crippen LogP contribution in [-0.2, 0) is 9.47 Å². The Morgan fingerprint density at radius 3 is 2.58 bits per heavy atom. The van der Waals surface area contributed by atoms with Crippen molar-refractivity contribution in [2.45, 2.75) is 65.3 Å². The molecule has 0 radical (unpaired) electrons. The van der Waals surface area contributed by atoms with Gasteiger partial charge in [0.2, 0.25) is 0 Å². The zero-order chi connectivity index (χ0) is 14.8. The number of carbonyl (C=O) groups is 1. The number of hydrogen-bond acceptors (Lipinski definition) is 4. The van der Waals surface area contributed by atoms with Crippen LogP contribution in [0.25, 0.3) is 0 Å². The first kappa shape index (κ1) is 16.2. The first-order valence-corrected chi connectivity index (χ1v) is 6.81. The van der Waals surface area contributed by atoms with Crippen molar-refractivity contribution in [2.24, 2.45) is 5.92 Å². The van der Waals surface area contributed by atoms with Crippen LogP contribution in [0.4, 0.5) is 4.79 Å². The zero-order valence-electron chi connectivity index (χ0n) is 12.9. The lowest BCUT2D eigenvalue weighted by Gasteiger charge is -2.35. The number of rotatable bonds is 3. The van der Waals surface area contributed by atoms with E-state index in [0.29, 0.717) is 13.0 Å². The fraction of sp³-hybridized carbons (Fsp3) is 0.929. The molecular weight excluding hydrogens is 246 g/mol. The maximum atomic E-state index is 12.3. The lowest BCUT2D eigenvalue weighted by Crippen LogP contribution is -2.50. The molecule has 1 aliphatic heterocycles. The van der Waals surface area contributed by atoms with Crippen LogP contribution < -0.4 is 0 Å². The van der Waals surface area contributed by atoms with Crippen LogP contribution >= 0.6 is 0 Å². The van der Waals surface area contributed by atoms with Gasteiger partial charge in [-0.2, -0.15) is 0 Å². The summed E-state index contributed by atoms with van der Waals surface area (Å²) < 4.78 is 11.2. The van der Waals surface area contributed by atoms with Gasteiger partial charge in [-0.05, 0) is 47.0 Å². The molecule has 5 nitrogen and oxygen atoms in total. The van der Waals surface area contributed by atoms with Crippen molar-refractivity contribution in [2.75, 3.05) is 13.2 Å². The van der Waals surface area contributed by atoms with E-state index >= 15 is 0 Å². The SMILES string of the molecule is C[C@@H](CO)C[C@H]1OCC(C)(C)N1C(=O)OC(C)(C)C. The van der Waals surface area contributed by atoms with Crippen LogP contribution in [0.1, 0.15) is 48.0 Å². The molecule has 1 amide bonds. The number of ether oxygens (including phenoxy) is 2. The van der Waals surface area contributed by atoms with E-state index in [0.717, 1.165) is 0 Å². The van der Waals surface area contributed by atoms with Crippen LogP contribution in [0.3, 0.4) is 0 Å². The van der Waals surface area contributed by atoms with Crippen LogP contribution in [0.5, 0.6) is 0 Å². The smallest absolute Gasteiger partial charge is 0.412 e. The summed E-state index contributed by atoms with van der Waals surface area (Å²) in [5, 5.41) is 9.15. The number of carbonyl (C=O) groups excluding carboxylic acids is 1. The highest BCUT2D eigenvalue weighted by atomic mass is 16.6. The summed E-state index contributed by atoms with van der Waals surface area (Å²) in [5.74, 6) is 0.0869. The van der Waals surface area contributed by atoms with E-state index < -0.39 is 5.60 Å². The van der Waals surface area contributed by atoms with Crippen molar-refractivity contribution >= 4 is 6.09 Å². The summed E-state index contributed by atoms with van der Waals surface area (Å²) in [5.41, 5.74) is -0.912. The van der Waals surface area contributed by atoms with Crippen molar-refractivity contribution in [1.82, 2.24) is 4.90 Å². The fourth-order valence-electron chi connectivity index (χ4n) is 2.10. The maximum Gasteiger partial charge on any atom is 0.412 e. The maximum absolute atomic E-state index is 12.3. The van der Waals surface area contributed by atoms with E-state index in [-0.39, 0.29) is 30.4 Å². The van der Waals surface area contributed by atoms with Gasteiger partial charge in [-0.15, -0.1) is 0 Å². The summed E-state index contributed by atoms with van der Waals surface area (Å²) in [6.07, 6.45) is -0.0729. The van der Waals surface area contributed by atoms with Gasteiger partial charge in [-0.1, -0.05) is 6.92 Å². The summed E-state index contributed by atoms with van der Waals surface area (Å²) in [6.45, 7) is 12.0. The van der Waals surface area contributed by atoms with E-state index in [4.69, 9.17) is 14.6 Å².